The number of nitrogens with two attached hydrogens (primary N) is 1. The van der Waals surface area contributed by atoms with Crippen molar-refractivity contribution in [2.75, 3.05) is 7.05 Å². The fourth-order valence-corrected chi connectivity index (χ4v) is 1.03. The van der Waals surface area contributed by atoms with E-state index in [0.29, 0.717) is 6.42 Å². The molecule has 0 heterocycles. The molecule has 4 heteroatoms. The van der Waals surface area contributed by atoms with E-state index in [9.17, 15) is 4.79 Å². The van der Waals surface area contributed by atoms with Gasteiger partial charge in [-0.3, -0.25) is 4.79 Å². The van der Waals surface area contributed by atoms with Crippen LogP contribution in [-0.4, -0.2) is 30.4 Å². The third kappa shape index (κ3) is 7.46. The third-order valence-electron chi connectivity index (χ3n) is 1.85. The molecule has 0 spiro atoms. The minimum atomic E-state index is -0.907. The summed E-state index contributed by atoms with van der Waals surface area (Å²) in [5, 5.41) is 8.48. The van der Waals surface area contributed by atoms with E-state index in [0.717, 1.165) is 25.7 Å². The molecule has 0 aliphatic carbocycles. The molecule has 0 aromatic heterocycles. The molecule has 0 aliphatic heterocycles. The zero-order valence-electron chi connectivity index (χ0n) is 8.07. The first-order valence-electron chi connectivity index (χ1n) is 4.57. The summed E-state index contributed by atoms with van der Waals surface area (Å²) in [5.74, 6) is -0.907. The summed E-state index contributed by atoms with van der Waals surface area (Å²) in [7, 11) is 1.75. The maximum Gasteiger partial charge on any atom is 0.320 e. The molecule has 4 nitrogen and oxygen atoms in total. The van der Waals surface area contributed by atoms with Crippen LogP contribution in [0.4, 0.5) is 0 Å². The summed E-state index contributed by atoms with van der Waals surface area (Å²) in [6.07, 6.45) is 6.37. The molecule has 0 fully saturated rings. The van der Waals surface area contributed by atoms with Gasteiger partial charge in [-0.2, -0.15) is 0 Å². The fraction of sp³-hybridized carbons (Fsp3) is 0.778. The van der Waals surface area contributed by atoms with Gasteiger partial charge in [0.05, 0.1) is 0 Å². The molecule has 0 saturated heterocycles. The van der Waals surface area contributed by atoms with Gasteiger partial charge in [0.25, 0.3) is 0 Å². The van der Waals surface area contributed by atoms with Crippen LogP contribution in [0, 0.1) is 0 Å². The highest BCUT2D eigenvalue weighted by Gasteiger charge is 2.09. The van der Waals surface area contributed by atoms with Crippen molar-refractivity contribution in [1.29, 1.82) is 0 Å². The number of unbranched alkanes of at least 4 members (excludes halogenated alkanes) is 3. The molecule has 0 rings (SSSR count). The van der Waals surface area contributed by atoms with Gasteiger partial charge in [-0.05, 0) is 25.5 Å². The zero-order valence-corrected chi connectivity index (χ0v) is 8.07. The maximum atomic E-state index is 10.3. The van der Waals surface area contributed by atoms with Gasteiger partial charge in [-0.15, -0.1) is 0 Å². The van der Waals surface area contributed by atoms with E-state index in [4.69, 9.17) is 10.8 Å². The number of carbonyl (C=O) groups is 1. The Hall–Kier alpha value is -0.900. The van der Waals surface area contributed by atoms with E-state index >= 15 is 0 Å². The molecule has 0 unspecified atom stereocenters. The number of aliphatic imine (C=N–C) groups is 1. The molecule has 1 atom stereocenters. The Morgan fingerprint density at radius 1 is 1.54 bits per heavy atom. The average molecular weight is 186 g/mol. The van der Waals surface area contributed by atoms with Crippen LogP contribution in [0.1, 0.15) is 32.1 Å². The predicted molar refractivity (Wildman–Crippen MR) is 53.1 cm³/mol. The van der Waals surface area contributed by atoms with Crippen LogP contribution in [0.15, 0.2) is 4.99 Å². The van der Waals surface area contributed by atoms with Crippen molar-refractivity contribution in [3.05, 3.63) is 0 Å². The SMILES string of the molecule is CN=CCCCCC[C@H](N)C(=O)O. The van der Waals surface area contributed by atoms with Crippen LogP contribution >= 0.6 is 0 Å². The fourth-order valence-electron chi connectivity index (χ4n) is 1.03. The molecule has 0 aliphatic rings. The van der Waals surface area contributed by atoms with E-state index < -0.39 is 12.0 Å². The van der Waals surface area contributed by atoms with E-state index in [2.05, 4.69) is 4.99 Å². The molecule has 0 aromatic rings. The normalized spacial score (nSPS) is 13.4. The monoisotopic (exact) mass is 186 g/mol. The van der Waals surface area contributed by atoms with E-state index in [1.165, 1.54) is 0 Å². The number of hydrogen-bond donors (Lipinski definition) is 2. The number of carboxylic acid groups (broad SMARTS) is 1. The number of nitrogens with zero attached hydrogens (tertiary/aromatic N) is 1. The van der Waals surface area contributed by atoms with Crippen molar-refractivity contribution in [1.82, 2.24) is 0 Å². The first kappa shape index (κ1) is 12.1. The summed E-state index contributed by atoms with van der Waals surface area (Å²) in [6, 6.07) is -0.695. The summed E-state index contributed by atoms with van der Waals surface area (Å²) >= 11 is 0. The number of hydrogen-bond acceptors (Lipinski definition) is 3. The van der Waals surface area contributed by atoms with Gasteiger partial charge in [0.2, 0.25) is 0 Å². The standard InChI is InChI=1S/C9H18N2O2/c1-11-7-5-3-2-4-6-8(10)9(12)13/h7-8H,2-6,10H2,1H3,(H,12,13)/t8-/m0/s1. The Labute approximate surface area is 78.8 Å². The molecular weight excluding hydrogens is 168 g/mol. The molecular formula is C9H18N2O2. The second kappa shape index (κ2) is 7.73. The summed E-state index contributed by atoms with van der Waals surface area (Å²) < 4.78 is 0. The molecule has 0 saturated carbocycles. The lowest BCUT2D eigenvalue weighted by atomic mass is 10.1. The highest BCUT2D eigenvalue weighted by atomic mass is 16.4. The van der Waals surface area contributed by atoms with Crippen molar-refractivity contribution < 1.29 is 9.90 Å². The molecule has 13 heavy (non-hydrogen) atoms. The molecule has 0 amide bonds. The van der Waals surface area contributed by atoms with Gasteiger partial charge < -0.3 is 15.8 Å². The van der Waals surface area contributed by atoms with Gasteiger partial charge in [-0.1, -0.05) is 12.8 Å². The van der Waals surface area contributed by atoms with Gasteiger partial charge >= 0.3 is 5.97 Å². The quantitative estimate of drug-likeness (QED) is 0.461. The topological polar surface area (TPSA) is 75.7 Å². The molecule has 0 bridgehead atoms. The lowest BCUT2D eigenvalue weighted by Crippen LogP contribution is -2.29. The number of rotatable bonds is 7. The minimum Gasteiger partial charge on any atom is -0.480 e. The summed E-state index contributed by atoms with van der Waals surface area (Å²) in [4.78, 5) is 14.2. The van der Waals surface area contributed by atoms with Crippen LogP contribution in [0.3, 0.4) is 0 Å². The molecule has 0 aromatic carbocycles. The summed E-state index contributed by atoms with van der Waals surface area (Å²) in [6.45, 7) is 0. The van der Waals surface area contributed by atoms with Crippen molar-refractivity contribution >= 4 is 12.2 Å². The predicted octanol–water partition coefficient (Wildman–Crippen LogP) is 1.05. The Bertz CT molecular complexity index is 169. The first-order chi connectivity index (χ1) is 6.18. The van der Waals surface area contributed by atoms with Crippen molar-refractivity contribution in [2.45, 2.75) is 38.1 Å². The average Bonchev–Trinajstić information content (AvgIpc) is 2.10. The van der Waals surface area contributed by atoms with Crippen molar-refractivity contribution in [3.8, 4) is 0 Å². The largest absolute Gasteiger partial charge is 0.480 e. The summed E-state index contributed by atoms with van der Waals surface area (Å²) in [5.41, 5.74) is 5.33. The first-order valence-corrected chi connectivity index (χ1v) is 4.57. The van der Waals surface area contributed by atoms with E-state index in [1.807, 2.05) is 6.21 Å². The van der Waals surface area contributed by atoms with E-state index in [-0.39, 0.29) is 0 Å². The second-order valence-electron chi connectivity index (χ2n) is 3.02. The van der Waals surface area contributed by atoms with Crippen molar-refractivity contribution in [2.24, 2.45) is 10.7 Å². The Kier molecular flexibility index (Phi) is 7.20. The van der Waals surface area contributed by atoms with Crippen LogP contribution < -0.4 is 5.73 Å². The van der Waals surface area contributed by atoms with Crippen LogP contribution in [0.5, 0.6) is 0 Å². The van der Waals surface area contributed by atoms with Crippen LogP contribution in [0.25, 0.3) is 0 Å². The molecule has 0 radical (unpaired) electrons. The Morgan fingerprint density at radius 3 is 2.77 bits per heavy atom. The lowest BCUT2D eigenvalue weighted by molar-refractivity contribution is -0.138. The molecule has 76 valence electrons. The molecule has 3 N–H and O–H groups in total. The minimum absolute atomic E-state index is 0.568. The maximum absolute atomic E-state index is 10.3. The third-order valence-corrected chi connectivity index (χ3v) is 1.85. The van der Waals surface area contributed by atoms with Gasteiger partial charge in [-0.25, -0.2) is 0 Å². The van der Waals surface area contributed by atoms with Crippen LogP contribution in [0.2, 0.25) is 0 Å². The second-order valence-corrected chi connectivity index (χ2v) is 3.02. The van der Waals surface area contributed by atoms with Crippen LogP contribution in [-0.2, 0) is 4.79 Å². The zero-order chi connectivity index (χ0) is 10.1. The number of carboxylic acids is 1. The van der Waals surface area contributed by atoms with Gasteiger partial charge in [0, 0.05) is 7.05 Å². The Morgan fingerprint density at radius 2 is 2.23 bits per heavy atom. The van der Waals surface area contributed by atoms with E-state index in [1.54, 1.807) is 7.05 Å². The van der Waals surface area contributed by atoms with Crippen molar-refractivity contribution in [3.63, 3.8) is 0 Å². The van der Waals surface area contributed by atoms with Gasteiger partial charge in [0.1, 0.15) is 6.04 Å². The Balaban J connectivity index is 3.20. The van der Waals surface area contributed by atoms with Gasteiger partial charge in [0.15, 0.2) is 0 Å². The highest BCUT2D eigenvalue weighted by molar-refractivity contribution is 5.72. The smallest absolute Gasteiger partial charge is 0.320 e. The lowest BCUT2D eigenvalue weighted by Gasteiger charge is -2.04. The highest BCUT2D eigenvalue weighted by Crippen LogP contribution is 2.03. The number of aliphatic carboxylic acids is 1.